The highest BCUT2D eigenvalue weighted by molar-refractivity contribution is 7.17. The van der Waals surface area contributed by atoms with Crippen molar-refractivity contribution >= 4 is 33.9 Å². The number of amides is 1. The number of carbonyl (C=O) groups excluding carboxylic acids is 1. The highest BCUT2D eigenvalue weighted by atomic mass is 32.1. The van der Waals surface area contributed by atoms with E-state index in [2.05, 4.69) is 40.8 Å². The standard InChI is InChI=1S/C24H27N9OS/c1-16-3-4-21(26-13-16)27-14-19-6-10-28-33(19)24-31-30-23(35-24)32-11-7-18(8-12-32)22(34)29-20-15-25-9-5-17(20)2/h3-6,9-10,13,15,18H,7-8,11-12,14H2,1-2H3,(H,26,27)(H,29,34). The van der Waals surface area contributed by atoms with Crippen molar-refractivity contribution in [3.8, 4) is 5.13 Å². The number of rotatable bonds is 7. The average Bonchev–Trinajstić information content (AvgIpc) is 3.55. The van der Waals surface area contributed by atoms with Gasteiger partial charge in [0.25, 0.3) is 0 Å². The van der Waals surface area contributed by atoms with Crippen molar-refractivity contribution < 1.29 is 4.79 Å². The van der Waals surface area contributed by atoms with Crippen LogP contribution in [0.15, 0.2) is 49.1 Å². The number of nitrogens with one attached hydrogen (secondary N) is 2. The van der Waals surface area contributed by atoms with Gasteiger partial charge in [-0.2, -0.15) is 5.10 Å². The summed E-state index contributed by atoms with van der Waals surface area (Å²) in [6.45, 7) is 6.06. The van der Waals surface area contributed by atoms with Gasteiger partial charge < -0.3 is 15.5 Å². The van der Waals surface area contributed by atoms with E-state index in [4.69, 9.17) is 0 Å². The zero-order valence-corrected chi connectivity index (χ0v) is 20.5. The van der Waals surface area contributed by atoms with Gasteiger partial charge >= 0.3 is 0 Å². The number of aromatic nitrogens is 6. The minimum Gasteiger partial charge on any atom is -0.364 e. The molecule has 5 rings (SSSR count). The van der Waals surface area contributed by atoms with Crippen LogP contribution in [-0.2, 0) is 11.3 Å². The Labute approximate surface area is 207 Å². The first-order valence-electron chi connectivity index (χ1n) is 11.6. The van der Waals surface area contributed by atoms with E-state index >= 15 is 0 Å². The van der Waals surface area contributed by atoms with Gasteiger partial charge in [0.2, 0.25) is 16.2 Å². The molecule has 1 aliphatic rings. The smallest absolute Gasteiger partial charge is 0.234 e. The van der Waals surface area contributed by atoms with Crippen LogP contribution in [0.5, 0.6) is 0 Å². The van der Waals surface area contributed by atoms with E-state index in [-0.39, 0.29) is 11.8 Å². The zero-order chi connectivity index (χ0) is 24.2. The molecule has 1 aliphatic heterocycles. The van der Waals surface area contributed by atoms with E-state index in [0.717, 1.165) is 59.4 Å². The fourth-order valence-corrected chi connectivity index (χ4v) is 4.86. The van der Waals surface area contributed by atoms with Crippen molar-refractivity contribution in [1.82, 2.24) is 29.9 Å². The van der Waals surface area contributed by atoms with Gasteiger partial charge in [-0.15, -0.1) is 10.2 Å². The minimum atomic E-state index is -0.0302. The Bertz CT molecular complexity index is 1290. The van der Waals surface area contributed by atoms with E-state index in [0.29, 0.717) is 11.7 Å². The first-order chi connectivity index (χ1) is 17.1. The molecule has 0 atom stereocenters. The largest absolute Gasteiger partial charge is 0.364 e. The first kappa shape index (κ1) is 22.9. The van der Waals surface area contributed by atoms with Crippen LogP contribution >= 0.6 is 11.3 Å². The van der Waals surface area contributed by atoms with Gasteiger partial charge in [0.05, 0.1) is 24.1 Å². The molecule has 0 radical (unpaired) electrons. The number of hydrogen-bond donors (Lipinski definition) is 2. The summed E-state index contributed by atoms with van der Waals surface area (Å²) in [6, 6.07) is 7.83. The topological polar surface area (TPSA) is 114 Å². The zero-order valence-electron chi connectivity index (χ0n) is 19.7. The van der Waals surface area contributed by atoms with Crippen LogP contribution in [0.2, 0.25) is 0 Å². The molecule has 2 N–H and O–H groups in total. The fraction of sp³-hybridized carbons (Fsp3) is 0.333. The third-order valence-corrected chi connectivity index (χ3v) is 7.06. The predicted octanol–water partition coefficient (Wildman–Crippen LogP) is 3.60. The normalized spacial score (nSPS) is 14.2. The van der Waals surface area contributed by atoms with Crippen LogP contribution in [0.3, 0.4) is 0 Å². The van der Waals surface area contributed by atoms with E-state index in [1.165, 1.54) is 11.3 Å². The molecule has 0 unspecified atom stereocenters. The van der Waals surface area contributed by atoms with Crippen LogP contribution in [0.25, 0.3) is 5.13 Å². The maximum absolute atomic E-state index is 12.7. The summed E-state index contributed by atoms with van der Waals surface area (Å²) in [7, 11) is 0. The van der Waals surface area contributed by atoms with Crippen LogP contribution in [0, 0.1) is 19.8 Å². The van der Waals surface area contributed by atoms with Crippen molar-refractivity contribution in [2.24, 2.45) is 5.92 Å². The van der Waals surface area contributed by atoms with Crippen molar-refractivity contribution in [1.29, 1.82) is 0 Å². The maximum Gasteiger partial charge on any atom is 0.234 e. The van der Waals surface area contributed by atoms with Gasteiger partial charge in [0.1, 0.15) is 5.82 Å². The second-order valence-electron chi connectivity index (χ2n) is 8.62. The number of aryl methyl sites for hydroxylation is 2. The number of nitrogens with zero attached hydrogens (tertiary/aromatic N) is 7. The Hall–Kier alpha value is -3.86. The monoisotopic (exact) mass is 489 g/mol. The SMILES string of the molecule is Cc1ccc(NCc2ccnn2-c2nnc(N3CCC(C(=O)Nc4cnccc4C)CC3)s2)nc1. The molecule has 0 bridgehead atoms. The quantitative estimate of drug-likeness (QED) is 0.405. The molecule has 1 fully saturated rings. The van der Waals surface area contributed by atoms with Crippen LogP contribution < -0.4 is 15.5 Å². The lowest BCUT2D eigenvalue weighted by Crippen LogP contribution is -2.38. The average molecular weight is 490 g/mol. The molecule has 0 aliphatic carbocycles. The second kappa shape index (κ2) is 10.2. The molecule has 0 spiro atoms. The lowest BCUT2D eigenvalue weighted by atomic mass is 9.96. The van der Waals surface area contributed by atoms with Crippen molar-refractivity contribution in [2.75, 3.05) is 28.6 Å². The highest BCUT2D eigenvalue weighted by Crippen LogP contribution is 2.29. The summed E-state index contributed by atoms with van der Waals surface area (Å²) >= 11 is 1.50. The summed E-state index contributed by atoms with van der Waals surface area (Å²) in [5.41, 5.74) is 3.87. The highest BCUT2D eigenvalue weighted by Gasteiger charge is 2.27. The molecule has 1 amide bonds. The van der Waals surface area contributed by atoms with E-state index in [9.17, 15) is 4.79 Å². The Kier molecular flexibility index (Phi) is 6.66. The molecular weight excluding hydrogens is 462 g/mol. The summed E-state index contributed by atoms with van der Waals surface area (Å²) in [4.78, 5) is 23.4. The molecule has 11 heteroatoms. The predicted molar refractivity (Wildman–Crippen MR) is 136 cm³/mol. The van der Waals surface area contributed by atoms with Gasteiger partial charge in [0.15, 0.2) is 0 Å². The summed E-state index contributed by atoms with van der Waals surface area (Å²) in [5, 5.41) is 21.1. The van der Waals surface area contributed by atoms with Gasteiger partial charge in [0, 0.05) is 37.6 Å². The molecule has 5 heterocycles. The Morgan fingerprint density at radius 3 is 2.66 bits per heavy atom. The second-order valence-corrected chi connectivity index (χ2v) is 9.55. The van der Waals surface area contributed by atoms with E-state index in [1.807, 2.05) is 44.3 Å². The molecule has 4 aromatic heterocycles. The molecule has 35 heavy (non-hydrogen) atoms. The van der Waals surface area contributed by atoms with E-state index < -0.39 is 0 Å². The third-order valence-electron chi connectivity index (χ3n) is 6.10. The molecule has 4 aromatic rings. The Balaban J connectivity index is 1.18. The molecular formula is C24H27N9OS. The summed E-state index contributed by atoms with van der Waals surface area (Å²) < 4.78 is 1.80. The minimum absolute atomic E-state index is 0.0302. The summed E-state index contributed by atoms with van der Waals surface area (Å²) in [6.07, 6.45) is 8.55. The number of pyridine rings is 2. The van der Waals surface area contributed by atoms with Crippen LogP contribution in [-0.4, -0.2) is 48.9 Å². The molecule has 180 valence electrons. The van der Waals surface area contributed by atoms with Crippen molar-refractivity contribution in [3.05, 3.63) is 65.9 Å². The fourth-order valence-electron chi connectivity index (χ4n) is 3.97. The first-order valence-corrected chi connectivity index (χ1v) is 12.4. The van der Waals surface area contributed by atoms with Gasteiger partial charge in [-0.3, -0.25) is 9.78 Å². The van der Waals surface area contributed by atoms with Crippen LogP contribution in [0.1, 0.15) is 29.7 Å². The number of piperidine rings is 1. The third kappa shape index (κ3) is 5.29. The Morgan fingerprint density at radius 1 is 1.06 bits per heavy atom. The van der Waals surface area contributed by atoms with Crippen molar-refractivity contribution in [2.45, 2.75) is 33.2 Å². The van der Waals surface area contributed by atoms with Gasteiger partial charge in [-0.1, -0.05) is 17.4 Å². The maximum atomic E-state index is 12.7. The van der Waals surface area contributed by atoms with Gasteiger partial charge in [-0.25, -0.2) is 9.67 Å². The molecule has 1 saturated heterocycles. The van der Waals surface area contributed by atoms with Gasteiger partial charge in [-0.05, 0) is 56.0 Å². The number of hydrogen-bond acceptors (Lipinski definition) is 9. The van der Waals surface area contributed by atoms with Crippen molar-refractivity contribution in [3.63, 3.8) is 0 Å². The molecule has 0 saturated carbocycles. The molecule has 0 aromatic carbocycles. The van der Waals surface area contributed by atoms with E-state index in [1.54, 1.807) is 23.3 Å². The van der Waals surface area contributed by atoms with Crippen LogP contribution in [0.4, 0.5) is 16.6 Å². The lowest BCUT2D eigenvalue weighted by molar-refractivity contribution is -0.120. The summed E-state index contributed by atoms with van der Waals surface area (Å²) in [5.74, 6) is 0.833. The molecule has 10 nitrogen and oxygen atoms in total. The number of carbonyl (C=O) groups is 1. The number of anilines is 3. The lowest BCUT2D eigenvalue weighted by Gasteiger charge is -2.30. The Morgan fingerprint density at radius 2 is 1.89 bits per heavy atom.